The van der Waals surface area contributed by atoms with Gasteiger partial charge in [-0.1, -0.05) is 49.4 Å². The Kier molecular flexibility index (Phi) is 8.17. The number of aromatic nitrogens is 2. The number of rotatable bonds is 10. The maximum Gasteiger partial charge on any atom is 0.356 e. The number of sulfonamides is 1. The Labute approximate surface area is 263 Å². The molecule has 1 aliphatic rings. The van der Waals surface area contributed by atoms with Crippen molar-refractivity contribution >= 4 is 48.8 Å². The minimum absolute atomic E-state index is 0.0113. The Bertz CT molecular complexity index is 1990. The fourth-order valence-corrected chi connectivity index (χ4v) is 6.89. The predicted molar refractivity (Wildman–Crippen MR) is 169 cm³/mol. The lowest BCUT2D eigenvalue weighted by Gasteiger charge is -2.12. The third-order valence-electron chi connectivity index (χ3n) is 7.55. The molecule has 0 spiro atoms. The fraction of sp³-hybridized carbons (Fsp3) is 0.242. The van der Waals surface area contributed by atoms with Gasteiger partial charge in [-0.25, -0.2) is 22.9 Å². The number of halogens is 1. The number of benzene rings is 3. The van der Waals surface area contributed by atoms with Gasteiger partial charge in [-0.05, 0) is 71.6 Å². The highest BCUT2D eigenvalue weighted by Gasteiger charge is 2.34. The van der Waals surface area contributed by atoms with Crippen molar-refractivity contribution in [1.82, 2.24) is 14.3 Å². The lowest BCUT2D eigenvalue weighted by molar-refractivity contribution is 0.0512. The molecule has 1 N–H and O–H groups in total. The molecule has 5 aromatic rings. The molecule has 0 saturated heterocycles. The molecule has 6 rings (SSSR count). The van der Waals surface area contributed by atoms with Crippen LogP contribution >= 0.6 is 15.9 Å². The summed E-state index contributed by atoms with van der Waals surface area (Å²) in [6.07, 6.45) is 2.70. The Morgan fingerprint density at radius 3 is 2.48 bits per heavy atom. The number of amides is 1. The topological polar surface area (TPSA) is 120 Å². The van der Waals surface area contributed by atoms with E-state index in [0.717, 1.165) is 35.3 Å². The minimum atomic E-state index is -4.08. The fourth-order valence-electron chi connectivity index (χ4n) is 5.30. The Morgan fingerprint density at radius 2 is 1.77 bits per heavy atom. The Hall–Kier alpha value is -4.22. The molecular weight excluding hydrogens is 646 g/mol. The summed E-state index contributed by atoms with van der Waals surface area (Å²) in [6, 6.07) is 20.1. The number of ether oxygens (including phenoxy) is 1. The first-order valence-electron chi connectivity index (χ1n) is 14.4. The van der Waals surface area contributed by atoms with Gasteiger partial charge >= 0.3 is 5.97 Å². The second-order valence-corrected chi connectivity index (χ2v) is 13.0. The van der Waals surface area contributed by atoms with Crippen molar-refractivity contribution in [2.45, 2.75) is 50.5 Å². The SMILES string of the molecule is CCOC(=O)c1c(C2CC2)nc(CC)n1Cc1ccc2oc(-c3ccccc3C(=O)NS(=O)(=O)c3ccccc3)c(Br)c2c1. The van der Waals surface area contributed by atoms with Crippen molar-refractivity contribution in [3.63, 3.8) is 0 Å². The molecule has 0 unspecified atom stereocenters. The summed E-state index contributed by atoms with van der Waals surface area (Å²) < 4.78 is 42.1. The van der Waals surface area contributed by atoms with Crippen molar-refractivity contribution in [1.29, 1.82) is 0 Å². The zero-order valence-electron chi connectivity index (χ0n) is 24.2. The van der Waals surface area contributed by atoms with Crippen LogP contribution in [0.25, 0.3) is 22.3 Å². The molecule has 1 amide bonds. The Balaban J connectivity index is 1.35. The third kappa shape index (κ3) is 5.69. The van der Waals surface area contributed by atoms with Crippen molar-refractivity contribution in [3.05, 3.63) is 106 Å². The molecule has 9 nitrogen and oxygen atoms in total. The number of hydrogen-bond donors (Lipinski definition) is 1. The zero-order chi connectivity index (χ0) is 31.0. The molecular formula is C33H30BrN3O6S. The molecule has 1 fully saturated rings. The molecule has 226 valence electrons. The van der Waals surface area contributed by atoms with E-state index < -0.39 is 15.9 Å². The molecule has 3 aromatic carbocycles. The first kappa shape index (κ1) is 29.8. The van der Waals surface area contributed by atoms with Gasteiger partial charge in [0, 0.05) is 29.8 Å². The van der Waals surface area contributed by atoms with E-state index in [-0.39, 0.29) is 29.0 Å². The lowest BCUT2D eigenvalue weighted by Crippen LogP contribution is -2.30. The van der Waals surface area contributed by atoms with Crippen LogP contribution in [0.3, 0.4) is 0 Å². The van der Waals surface area contributed by atoms with Gasteiger partial charge in [-0.3, -0.25) is 4.79 Å². The second-order valence-electron chi connectivity index (χ2n) is 10.6. The van der Waals surface area contributed by atoms with Crippen LogP contribution in [0.2, 0.25) is 0 Å². The van der Waals surface area contributed by atoms with Crippen LogP contribution in [-0.2, 0) is 27.7 Å². The van der Waals surface area contributed by atoms with Gasteiger partial charge in [-0.15, -0.1) is 0 Å². The average molecular weight is 677 g/mol. The van der Waals surface area contributed by atoms with Crippen molar-refractivity contribution in [2.24, 2.45) is 0 Å². The van der Waals surface area contributed by atoms with Crippen LogP contribution in [0.5, 0.6) is 0 Å². The second kappa shape index (κ2) is 12.0. The smallest absolute Gasteiger partial charge is 0.356 e. The normalized spacial score (nSPS) is 13.2. The van der Waals surface area contributed by atoms with Gasteiger partial charge in [-0.2, -0.15) is 0 Å². The van der Waals surface area contributed by atoms with E-state index in [1.807, 2.05) is 29.7 Å². The number of furan rings is 1. The van der Waals surface area contributed by atoms with E-state index in [0.29, 0.717) is 40.0 Å². The summed E-state index contributed by atoms with van der Waals surface area (Å²) in [7, 11) is -4.08. The monoisotopic (exact) mass is 675 g/mol. The van der Waals surface area contributed by atoms with Crippen LogP contribution in [0.15, 0.2) is 86.6 Å². The summed E-state index contributed by atoms with van der Waals surface area (Å²) in [5.74, 6) is 0.364. The first-order chi connectivity index (χ1) is 21.2. The van der Waals surface area contributed by atoms with E-state index >= 15 is 0 Å². The number of hydrogen-bond acceptors (Lipinski definition) is 7. The number of imidazole rings is 1. The summed E-state index contributed by atoms with van der Waals surface area (Å²) in [5.41, 5.74) is 3.41. The number of nitrogens with one attached hydrogen (secondary N) is 1. The minimum Gasteiger partial charge on any atom is -0.461 e. The highest BCUT2D eigenvalue weighted by atomic mass is 79.9. The number of aryl methyl sites for hydroxylation is 1. The van der Waals surface area contributed by atoms with Gasteiger partial charge in [0.2, 0.25) is 0 Å². The molecule has 11 heteroatoms. The standard InChI is InChI=1S/C33H30BrN3O6S/c1-3-27-35-29(21-15-16-21)30(33(39)42-4-2)37(27)19-20-14-17-26-25(18-20)28(34)31(43-26)23-12-8-9-13-24(23)32(38)36-44(40,41)22-10-6-5-7-11-22/h5-14,17-18,21H,3-4,15-16,19H2,1-2H3,(H,36,38). The highest BCUT2D eigenvalue weighted by molar-refractivity contribution is 9.10. The average Bonchev–Trinajstić information content (AvgIpc) is 3.74. The summed E-state index contributed by atoms with van der Waals surface area (Å²) in [4.78, 5) is 31.1. The zero-order valence-corrected chi connectivity index (χ0v) is 26.6. The van der Waals surface area contributed by atoms with Crippen LogP contribution in [-0.4, -0.2) is 36.5 Å². The lowest BCUT2D eigenvalue weighted by atomic mass is 10.0. The van der Waals surface area contributed by atoms with E-state index in [9.17, 15) is 18.0 Å². The number of carbonyl (C=O) groups is 2. The van der Waals surface area contributed by atoms with Crippen molar-refractivity contribution in [3.8, 4) is 11.3 Å². The van der Waals surface area contributed by atoms with Crippen molar-refractivity contribution < 1.29 is 27.2 Å². The molecule has 2 heterocycles. The molecule has 2 aromatic heterocycles. The molecule has 1 saturated carbocycles. The maximum atomic E-state index is 13.3. The van der Waals surface area contributed by atoms with E-state index in [1.165, 1.54) is 12.1 Å². The number of nitrogens with zero attached hydrogens (tertiary/aromatic N) is 2. The van der Waals surface area contributed by atoms with Gasteiger partial charge in [0.15, 0.2) is 5.69 Å². The first-order valence-corrected chi connectivity index (χ1v) is 16.7. The Morgan fingerprint density at radius 1 is 1.05 bits per heavy atom. The molecule has 0 atom stereocenters. The predicted octanol–water partition coefficient (Wildman–Crippen LogP) is 6.84. The van der Waals surface area contributed by atoms with Gasteiger partial charge in [0.25, 0.3) is 15.9 Å². The molecule has 44 heavy (non-hydrogen) atoms. The van der Waals surface area contributed by atoms with Gasteiger partial charge < -0.3 is 13.7 Å². The van der Waals surface area contributed by atoms with Crippen LogP contribution in [0, 0.1) is 0 Å². The molecule has 1 aliphatic carbocycles. The van der Waals surface area contributed by atoms with E-state index in [2.05, 4.69) is 20.7 Å². The van der Waals surface area contributed by atoms with E-state index in [1.54, 1.807) is 49.4 Å². The number of fused-ring (bicyclic) bond motifs is 1. The summed E-state index contributed by atoms with van der Waals surface area (Å²) in [5, 5.41) is 0.767. The van der Waals surface area contributed by atoms with Crippen molar-refractivity contribution in [2.75, 3.05) is 6.61 Å². The summed E-state index contributed by atoms with van der Waals surface area (Å²) in [6.45, 7) is 4.51. The molecule has 0 radical (unpaired) electrons. The van der Waals surface area contributed by atoms with Gasteiger partial charge in [0.1, 0.15) is 17.2 Å². The quantitative estimate of drug-likeness (QED) is 0.161. The summed E-state index contributed by atoms with van der Waals surface area (Å²) >= 11 is 3.67. The highest BCUT2D eigenvalue weighted by Crippen LogP contribution is 2.42. The number of esters is 1. The molecule has 0 bridgehead atoms. The largest absolute Gasteiger partial charge is 0.461 e. The van der Waals surface area contributed by atoms with Crippen LogP contribution < -0.4 is 4.72 Å². The number of carbonyl (C=O) groups excluding carboxylic acids is 2. The molecule has 0 aliphatic heterocycles. The third-order valence-corrected chi connectivity index (χ3v) is 9.69. The van der Waals surface area contributed by atoms with Crippen LogP contribution in [0.4, 0.5) is 0 Å². The maximum absolute atomic E-state index is 13.3. The van der Waals surface area contributed by atoms with E-state index in [4.69, 9.17) is 14.1 Å². The van der Waals surface area contributed by atoms with Crippen LogP contribution in [0.1, 0.15) is 70.5 Å². The van der Waals surface area contributed by atoms with Gasteiger partial charge in [0.05, 0.1) is 27.2 Å².